The lowest BCUT2D eigenvalue weighted by Crippen LogP contribution is -2.44. The number of benzene rings is 1. The quantitative estimate of drug-likeness (QED) is 0.831. The summed E-state index contributed by atoms with van der Waals surface area (Å²) < 4.78 is 0. The molecule has 1 amide bonds. The molecule has 0 spiro atoms. The fourth-order valence-corrected chi connectivity index (χ4v) is 2.45. The number of likely N-dealkylation sites (N-methyl/N-ethyl adjacent to an activating group) is 1. The molecule has 0 aliphatic heterocycles. The van der Waals surface area contributed by atoms with Crippen molar-refractivity contribution < 1.29 is 9.90 Å². The van der Waals surface area contributed by atoms with Gasteiger partial charge >= 0.3 is 0 Å². The molecule has 1 aromatic rings. The van der Waals surface area contributed by atoms with Crippen LogP contribution in [0, 0.1) is 0 Å². The third-order valence-corrected chi connectivity index (χ3v) is 3.36. The van der Waals surface area contributed by atoms with E-state index in [4.69, 9.17) is 0 Å². The summed E-state index contributed by atoms with van der Waals surface area (Å²) >= 11 is 0. The number of nitrogens with zero attached hydrogens (tertiary/aromatic N) is 1. The maximum atomic E-state index is 12.5. The van der Waals surface area contributed by atoms with Gasteiger partial charge in [-0.05, 0) is 39.3 Å². The van der Waals surface area contributed by atoms with Crippen LogP contribution in [0.3, 0.4) is 0 Å². The first-order valence-corrected chi connectivity index (χ1v) is 7.15. The Bertz CT molecular complexity index is 449. The van der Waals surface area contributed by atoms with Crippen LogP contribution in [0.1, 0.15) is 38.3 Å². The van der Waals surface area contributed by atoms with Crippen molar-refractivity contribution in [1.82, 2.24) is 10.2 Å². The lowest BCUT2D eigenvalue weighted by atomic mass is 10.0. The van der Waals surface area contributed by atoms with Gasteiger partial charge in [0.2, 0.25) is 5.91 Å². The summed E-state index contributed by atoms with van der Waals surface area (Å²) in [6.45, 7) is 3.94. The highest BCUT2D eigenvalue weighted by atomic mass is 16.3. The summed E-state index contributed by atoms with van der Waals surface area (Å²) in [7, 11) is 1.88. The smallest absolute Gasteiger partial charge is 0.242 e. The SMILES string of the molecule is CN(CC(C)(C)O)C(C(=O)NC1CC1)c1ccccc1. The predicted molar refractivity (Wildman–Crippen MR) is 79.3 cm³/mol. The van der Waals surface area contributed by atoms with Crippen molar-refractivity contribution in [3.8, 4) is 0 Å². The number of hydrogen-bond donors (Lipinski definition) is 2. The van der Waals surface area contributed by atoms with Crippen LogP contribution in [0.2, 0.25) is 0 Å². The molecule has 1 atom stereocenters. The van der Waals surface area contributed by atoms with Crippen molar-refractivity contribution >= 4 is 5.91 Å². The second-order valence-electron chi connectivity index (χ2n) is 6.32. The lowest BCUT2D eigenvalue weighted by Gasteiger charge is -2.32. The Morgan fingerprint density at radius 2 is 2.00 bits per heavy atom. The van der Waals surface area contributed by atoms with Gasteiger partial charge in [-0.25, -0.2) is 0 Å². The van der Waals surface area contributed by atoms with Crippen molar-refractivity contribution in [2.75, 3.05) is 13.6 Å². The van der Waals surface area contributed by atoms with Crippen LogP contribution in [0.25, 0.3) is 0 Å². The van der Waals surface area contributed by atoms with Crippen molar-refractivity contribution in [3.05, 3.63) is 35.9 Å². The molecule has 1 saturated carbocycles. The fourth-order valence-electron chi connectivity index (χ4n) is 2.45. The maximum absolute atomic E-state index is 12.5. The molecule has 4 nitrogen and oxygen atoms in total. The Morgan fingerprint density at radius 3 is 2.50 bits per heavy atom. The third-order valence-electron chi connectivity index (χ3n) is 3.36. The minimum Gasteiger partial charge on any atom is -0.389 e. The molecular formula is C16H24N2O2. The predicted octanol–water partition coefficient (Wildman–Crippen LogP) is 1.71. The van der Waals surface area contributed by atoms with Crippen LogP contribution in [-0.4, -0.2) is 41.1 Å². The number of amides is 1. The third kappa shape index (κ3) is 4.32. The average Bonchev–Trinajstić information content (AvgIpc) is 3.12. The van der Waals surface area contributed by atoms with Crippen LogP contribution in [0.4, 0.5) is 0 Å². The van der Waals surface area contributed by atoms with Gasteiger partial charge in [0.1, 0.15) is 6.04 Å². The molecule has 1 unspecified atom stereocenters. The molecule has 0 heterocycles. The topological polar surface area (TPSA) is 52.6 Å². The highest BCUT2D eigenvalue weighted by Gasteiger charge is 2.32. The molecule has 4 heteroatoms. The Labute approximate surface area is 120 Å². The molecule has 0 aromatic heterocycles. The van der Waals surface area contributed by atoms with E-state index in [0.29, 0.717) is 12.6 Å². The monoisotopic (exact) mass is 276 g/mol. The van der Waals surface area contributed by atoms with Gasteiger partial charge in [-0.3, -0.25) is 9.69 Å². The molecule has 2 N–H and O–H groups in total. The number of hydrogen-bond acceptors (Lipinski definition) is 3. The molecule has 2 rings (SSSR count). The number of nitrogens with one attached hydrogen (secondary N) is 1. The number of carbonyl (C=O) groups excluding carboxylic acids is 1. The molecule has 1 fully saturated rings. The van der Waals surface area contributed by atoms with E-state index < -0.39 is 5.60 Å². The van der Waals surface area contributed by atoms with Crippen LogP contribution in [0.5, 0.6) is 0 Å². The molecule has 1 aromatic carbocycles. The van der Waals surface area contributed by atoms with Gasteiger partial charge in [-0.1, -0.05) is 30.3 Å². The highest BCUT2D eigenvalue weighted by molar-refractivity contribution is 5.83. The number of aliphatic hydroxyl groups is 1. The summed E-state index contributed by atoms with van der Waals surface area (Å²) in [5.74, 6) is 0.0189. The molecule has 1 aliphatic carbocycles. The molecule has 1 aliphatic rings. The van der Waals surface area contributed by atoms with Crippen molar-refractivity contribution in [2.24, 2.45) is 0 Å². The lowest BCUT2D eigenvalue weighted by molar-refractivity contribution is -0.127. The van der Waals surface area contributed by atoms with Gasteiger partial charge in [-0.15, -0.1) is 0 Å². The second-order valence-corrected chi connectivity index (χ2v) is 6.32. The van der Waals surface area contributed by atoms with Gasteiger partial charge < -0.3 is 10.4 Å². The molecule has 110 valence electrons. The second kappa shape index (κ2) is 5.94. The Morgan fingerprint density at radius 1 is 1.40 bits per heavy atom. The van der Waals surface area contributed by atoms with Gasteiger partial charge in [0.25, 0.3) is 0 Å². The summed E-state index contributed by atoms with van der Waals surface area (Å²) in [6.07, 6.45) is 2.14. The molecule has 20 heavy (non-hydrogen) atoms. The van der Waals surface area contributed by atoms with E-state index in [1.165, 1.54) is 0 Å². The highest BCUT2D eigenvalue weighted by Crippen LogP contribution is 2.25. The van der Waals surface area contributed by atoms with Crippen LogP contribution < -0.4 is 5.32 Å². The van der Waals surface area contributed by atoms with Crippen LogP contribution in [0.15, 0.2) is 30.3 Å². The van der Waals surface area contributed by atoms with E-state index in [0.717, 1.165) is 18.4 Å². The van der Waals surface area contributed by atoms with E-state index in [1.807, 2.05) is 42.3 Å². The maximum Gasteiger partial charge on any atom is 0.242 e. The minimum atomic E-state index is -0.832. The van der Waals surface area contributed by atoms with E-state index in [2.05, 4.69) is 5.32 Å². The first-order chi connectivity index (χ1) is 9.37. The Kier molecular flexibility index (Phi) is 4.45. The van der Waals surface area contributed by atoms with E-state index >= 15 is 0 Å². The van der Waals surface area contributed by atoms with Gasteiger partial charge in [0, 0.05) is 12.6 Å². The van der Waals surface area contributed by atoms with Gasteiger partial charge in [-0.2, -0.15) is 0 Å². The van der Waals surface area contributed by atoms with Crippen molar-refractivity contribution in [2.45, 2.75) is 44.4 Å². The van der Waals surface area contributed by atoms with E-state index in [-0.39, 0.29) is 11.9 Å². The van der Waals surface area contributed by atoms with Gasteiger partial charge in [0.15, 0.2) is 0 Å². The number of rotatable bonds is 6. The largest absolute Gasteiger partial charge is 0.389 e. The summed E-state index contributed by atoms with van der Waals surface area (Å²) in [6, 6.07) is 9.70. The standard InChI is InChI=1S/C16H24N2O2/c1-16(2,20)11-18(3)14(12-7-5-4-6-8-12)15(19)17-13-9-10-13/h4-8,13-14,20H,9-11H2,1-3H3,(H,17,19). The van der Waals surface area contributed by atoms with Crippen LogP contribution in [-0.2, 0) is 4.79 Å². The minimum absolute atomic E-state index is 0.0189. The molecule has 0 bridgehead atoms. The Balaban J connectivity index is 2.16. The van der Waals surface area contributed by atoms with Crippen molar-refractivity contribution in [3.63, 3.8) is 0 Å². The zero-order valence-electron chi connectivity index (χ0n) is 12.5. The van der Waals surface area contributed by atoms with Crippen molar-refractivity contribution in [1.29, 1.82) is 0 Å². The zero-order chi connectivity index (χ0) is 14.8. The van der Waals surface area contributed by atoms with Gasteiger partial charge in [0.05, 0.1) is 5.60 Å². The van der Waals surface area contributed by atoms with Crippen LogP contribution >= 0.6 is 0 Å². The molecule has 0 saturated heterocycles. The first-order valence-electron chi connectivity index (χ1n) is 7.15. The Hall–Kier alpha value is -1.39. The summed E-state index contributed by atoms with van der Waals surface area (Å²) in [4.78, 5) is 14.4. The molecular weight excluding hydrogens is 252 g/mol. The fraction of sp³-hybridized carbons (Fsp3) is 0.562. The molecule has 0 radical (unpaired) electrons. The first kappa shape index (κ1) is 15.0. The van der Waals surface area contributed by atoms with E-state index in [9.17, 15) is 9.90 Å². The summed E-state index contributed by atoms with van der Waals surface area (Å²) in [5, 5.41) is 13.0. The van der Waals surface area contributed by atoms with E-state index in [1.54, 1.807) is 13.8 Å². The summed E-state index contributed by atoms with van der Waals surface area (Å²) in [5.41, 5.74) is 0.124. The average molecular weight is 276 g/mol. The normalized spacial score (nSPS) is 17.1. The number of carbonyl (C=O) groups is 1. The zero-order valence-corrected chi connectivity index (χ0v) is 12.5.